The van der Waals surface area contributed by atoms with Gasteiger partial charge in [-0.1, -0.05) is 0 Å². The zero-order chi connectivity index (χ0) is 8.10. The maximum atomic E-state index is 3.52. The van der Waals surface area contributed by atoms with E-state index in [9.17, 15) is 0 Å². The van der Waals surface area contributed by atoms with Crippen molar-refractivity contribution in [3.63, 3.8) is 0 Å². The van der Waals surface area contributed by atoms with Crippen LogP contribution in [0.25, 0.3) is 0 Å². The summed E-state index contributed by atoms with van der Waals surface area (Å²) in [5.41, 5.74) is 3.98. The molecule has 1 aromatic rings. The molecule has 0 heteroatoms. The van der Waals surface area contributed by atoms with Crippen molar-refractivity contribution in [2.45, 2.75) is 6.92 Å². The Morgan fingerprint density at radius 1 is 1.36 bits per heavy atom. The lowest BCUT2D eigenvalue weighted by atomic mass is 10.0. The zero-order valence-corrected chi connectivity index (χ0v) is 6.67. The minimum Gasteiger partial charge on any atom is -0.0425 e. The van der Waals surface area contributed by atoms with Crippen LogP contribution >= 0.6 is 0 Å². The highest BCUT2D eigenvalue weighted by Crippen LogP contribution is 2.13. The van der Waals surface area contributed by atoms with Crippen LogP contribution in [0.5, 0.6) is 0 Å². The molecule has 1 aromatic carbocycles. The molecule has 1 rings (SSSR count). The van der Waals surface area contributed by atoms with Crippen LogP contribution in [0.2, 0.25) is 0 Å². The van der Waals surface area contributed by atoms with Gasteiger partial charge in [0.15, 0.2) is 0 Å². The maximum absolute atomic E-state index is 3.52. The Kier molecular flexibility index (Phi) is 2.59. The number of hydrogen-bond acceptors (Lipinski definition) is 0. The van der Waals surface area contributed by atoms with Gasteiger partial charge in [0, 0.05) is 12.1 Å². The van der Waals surface area contributed by atoms with Gasteiger partial charge in [0.1, 0.15) is 0 Å². The first kappa shape index (κ1) is 7.71. The van der Waals surface area contributed by atoms with Crippen LogP contribution in [0.3, 0.4) is 0 Å². The second kappa shape index (κ2) is 3.70. The van der Waals surface area contributed by atoms with E-state index in [2.05, 4.69) is 24.4 Å². The van der Waals surface area contributed by atoms with Gasteiger partial charge in [-0.05, 0) is 37.4 Å². The molecule has 0 bridgehead atoms. The van der Waals surface area contributed by atoms with Crippen LogP contribution in [0.4, 0.5) is 0 Å². The molecular weight excluding hydrogens is 132 g/mol. The van der Waals surface area contributed by atoms with Crippen molar-refractivity contribution < 1.29 is 0 Å². The fraction of sp³-hybridized carbons (Fsp3) is 0.0909. The van der Waals surface area contributed by atoms with Crippen LogP contribution in [0, 0.1) is 5.92 Å². The van der Waals surface area contributed by atoms with Crippen molar-refractivity contribution in [1.82, 2.24) is 0 Å². The summed E-state index contributed by atoms with van der Waals surface area (Å²) in [6.07, 6.45) is 1.88. The summed E-state index contributed by atoms with van der Waals surface area (Å²) in [4.78, 5) is 0. The molecule has 0 heterocycles. The van der Waals surface area contributed by atoms with E-state index < -0.39 is 0 Å². The molecule has 0 fully saturated rings. The van der Waals surface area contributed by atoms with Crippen molar-refractivity contribution in [3.05, 3.63) is 60.2 Å². The van der Waals surface area contributed by atoms with Crippen LogP contribution in [0.1, 0.15) is 12.5 Å². The third-order valence-electron chi connectivity index (χ3n) is 1.55. The van der Waals surface area contributed by atoms with Crippen molar-refractivity contribution in [2.75, 3.05) is 0 Å². The summed E-state index contributed by atoms with van der Waals surface area (Å²) < 4.78 is 0. The van der Waals surface area contributed by atoms with Crippen LogP contribution < -0.4 is 0 Å². The van der Waals surface area contributed by atoms with E-state index in [1.807, 2.05) is 31.2 Å². The van der Waals surface area contributed by atoms with E-state index in [0.717, 1.165) is 0 Å². The van der Waals surface area contributed by atoms with Gasteiger partial charge in [-0.2, -0.15) is 0 Å². The summed E-state index contributed by atoms with van der Waals surface area (Å²) in [6.45, 7) is 5.57. The molecule has 0 nitrogen and oxygen atoms in total. The molecule has 0 aromatic heterocycles. The normalized spacial score (nSPS) is 8.45. The lowest BCUT2D eigenvalue weighted by Gasteiger charge is -1.95. The standard InChI is InChI=1S/C11H11/c1-3-7-10(2)11-8-5-4-6-9-11/h4-9H,1H2,2H3/q+1. The molecule has 0 aliphatic heterocycles. The average Bonchev–Trinajstić information content (AvgIpc) is 2.07. The van der Waals surface area contributed by atoms with E-state index in [1.165, 1.54) is 11.5 Å². The molecule has 54 valence electrons. The Balaban J connectivity index is 2.84. The first-order valence-corrected chi connectivity index (χ1v) is 3.59. The Bertz CT molecular complexity index is 253. The lowest BCUT2D eigenvalue weighted by molar-refractivity contribution is 1.25. The smallest absolute Gasteiger partial charge is 0.0425 e. The Hall–Kier alpha value is -1.39. The average molecular weight is 143 g/mol. The molecule has 0 unspecified atom stereocenters. The summed E-state index contributed by atoms with van der Waals surface area (Å²) in [5, 5.41) is 0. The molecule has 0 atom stereocenters. The molecule has 0 aliphatic rings. The fourth-order valence-electron chi connectivity index (χ4n) is 0.937. The molecule has 11 heavy (non-hydrogen) atoms. The van der Waals surface area contributed by atoms with E-state index in [4.69, 9.17) is 0 Å². The maximum Gasteiger partial charge on any atom is 0.0986 e. The molecule has 0 saturated carbocycles. The van der Waals surface area contributed by atoms with Crippen molar-refractivity contribution >= 4 is 0 Å². The number of rotatable bonds is 2. The molecule has 0 N–H and O–H groups in total. The predicted octanol–water partition coefficient (Wildman–Crippen LogP) is 2.97. The first-order valence-electron chi connectivity index (χ1n) is 3.59. The molecular formula is C11H11+. The van der Waals surface area contributed by atoms with E-state index in [1.54, 1.807) is 0 Å². The van der Waals surface area contributed by atoms with E-state index in [0.29, 0.717) is 0 Å². The van der Waals surface area contributed by atoms with Crippen LogP contribution in [-0.2, 0) is 0 Å². The number of hydrogen-bond donors (Lipinski definition) is 0. The molecule has 0 saturated heterocycles. The summed E-state index contributed by atoms with van der Waals surface area (Å²) >= 11 is 0. The van der Waals surface area contributed by atoms with Crippen molar-refractivity contribution in [3.8, 4) is 0 Å². The quantitative estimate of drug-likeness (QED) is 0.441. The van der Waals surface area contributed by atoms with Gasteiger partial charge < -0.3 is 0 Å². The van der Waals surface area contributed by atoms with Gasteiger partial charge in [-0.25, -0.2) is 0 Å². The van der Waals surface area contributed by atoms with E-state index >= 15 is 0 Å². The third-order valence-corrected chi connectivity index (χ3v) is 1.55. The largest absolute Gasteiger partial charge is 0.0986 e. The van der Waals surface area contributed by atoms with Gasteiger partial charge in [0.05, 0.1) is 17.6 Å². The Morgan fingerprint density at radius 2 is 2.00 bits per heavy atom. The van der Waals surface area contributed by atoms with Gasteiger partial charge >= 0.3 is 0 Å². The summed E-state index contributed by atoms with van der Waals surface area (Å²) in [7, 11) is 0. The highest BCUT2D eigenvalue weighted by Gasteiger charge is 2.05. The Morgan fingerprint density at radius 3 is 2.55 bits per heavy atom. The zero-order valence-electron chi connectivity index (χ0n) is 6.67. The van der Waals surface area contributed by atoms with E-state index in [-0.39, 0.29) is 0 Å². The number of allylic oxidation sites excluding steroid dienone is 1. The molecule has 0 radical (unpaired) electrons. The molecule has 0 spiro atoms. The van der Waals surface area contributed by atoms with Gasteiger partial charge in [-0.3, -0.25) is 0 Å². The summed E-state index contributed by atoms with van der Waals surface area (Å²) in [5.74, 6) is 1.20. The predicted molar refractivity (Wildman–Crippen MR) is 48.2 cm³/mol. The highest BCUT2D eigenvalue weighted by molar-refractivity contribution is 5.34. The number of benzene rings is 1. The SMILES string of the molecule is C=C=C[C+](C)c1ccccc1. The van der Waals surface area contributed by atoms with Gasteiger partial charge in [0.25, 0.3) is 0 Å². The summed E-state index contributed by atoms with van der Waals surface area (Å²) in [6, 6.07) is 10.2. The lowest BCUT2D eigenvalue weighted by Crippen LogP contribution is -1.87. The topological polar surface area (TPSA) is 0 Å². The minimum atomic E-state index is 1.20. The highest BCUT2D eigenvalue weighted by atomic mass is 14.0. The molecule has 0 aliphatic carbocycles. The second-order valence-corrected chi connectivity index (χ2v) is 2.40. The van der Waals surface area contributed by atoms with Crippen molar-refractivity contribution in [2.24, 2.45) is 0 Å². The monoisotopic (exact) mass is 143 g/mol. The van der Waals surface area contributed by atoms with Gasteiger partial charge in [-0.15, -0.1) is 0 Å². The first-order chi connectivity index (χ1) is 5.34. The minimum absolute atomic E-state index is 1.20. The van der Waals surface area contributed by atoms with Crippen LogP contribution in [-0.4, -0.2) is 0 Å². The van der Waals surface area contributed by atoms with Gasteiger partial charge in [0.2, 0.25) is 0 Å². The Labute approximate surface area is 67.9 Å². The van der Waals surface area contributed by atoms with Crippen molar-refractivity contribution in [1.29, 1.82) is 0 Å². The fourth-order valence-corrected chi connectivity index (χ4v) is 0.937. The third kappa shape index (κ3) is 2.03. The van der Waals surface area contributed by atoms with Crippen LogP contribution in [0.15, 0.2) is 48.7 Å². The molecule has 0 amide bonds. The second-order valence-electron chi connectivity index (χ2n) is 2.40.